The summed E-state index contributed by atoms with van der Waals surface area (Å²) in [7, 11) is 0. The van der Waals surface area contributed by atoms with Gasteiger partial charge >= 0.3 is 0 Å². The zero-order valence-electron chi connectivity index (χ0n) is 13.5. The Morgan fingerprint density at radius 2 is 1.48 bits per heavy atom. The van der Waals surface area contributed by atoms with Crippen LogP contribution in [0.4, 0.5) is 0 Å². The van der Waals surface area contributed by atoms with Crippen molar-refractivity contribution < 1.29 is 4.74 Å². The summed E-state index contributed by atoms with van der Waals surface area (Å²) < 4.78 is 5.74. The highest BCUT2D eigenvalue weighted by Crippen LogP contribution is 2.08. The lowest BCUT2D eigenvalue weighted by Crippen LogP contribution is -2.35. The van der Waals surface area contributed by atoms with E-state index in [0.717, 1.165) is 19.5 Å². The van der Waals surface area contributed by atoms with Gasteiger partial charge in [-0.05, 0) is 35.3 Å². The van der Waals surface area contributed by atoms with Crippen molar-refractivity contribution in [3.05, 3.63) is 71.3 Å². The van der Waals surface area contributed by atoms with Crippen LogP contribution in [-0.4, -0.2) is 11.7 Å². The van der Waals surface area contributed by atoms with Gasteiger partial charge in [0, 0.05) is 13.1 Å². The molecule has 0 saturated heterocycles. The highest BCUT2D eigenvalue weighted by atomic mass is 32.1. The Morgan fingerprint density at radius 1 is 0.870 bits per heavy atom. The van der Waals surface area contributed by atoms with Gasteiger partial charge in [0.15, 0.2) is 5.11 Å². The molecule has 3 nitrogen and oxygen atoms in total. The largest absolute Gasteiger partial charge is 0.372 e. The van der Waals surface area contributed by atoms with E-state index >= 15 is 0 Å². The predicted octanol–water partition coefficient (Wildman–Crippen LogP) is 3.78. The zero-order chi connectivity index (χ0) is 16.3. The van der Waals surface area contributed by atoms with Gasteiger partial charge in [0.1, 0.15) is 0 Å². The first-order chi connectivity index (χ1) is 11.3. The van der Waals surface area contributed by atoms with Crippen molar-refractivity contribution in [3.63, 3.8) is 0 Å². The fourth-order valence-electron chi connectivity index (χ4n) is 2.10. The van der Waals surface area contributed by atoms with Crippen LogP contribution >= 0.6 is 12.2 Å². The van der Waals surface area contributed by atoms with E-state index in [9.17, 15) is 0 Å². The molecule has 0 saturated carbocycles. The lowest BCUT2D eigenvalue weighted by atomic mass is 10.1. The average molecular weight is 328 g/mol. The van der Waals surface area contributed by atoms with Gasteiger partial charge in [-0.3, -0.25) is 0 Å². The Hall–Kier alpha value is -1.91. The molecule has 122 valence electrons. The summed E-state index contributed by atoms with van der Waals surface area (Å²) in [6.45, 7) is 5.03. The molecule has 0 spiro atoms. The maximum absolute atomic E-state index is 5.74. The van der Waals surface area contributed by atoms with Crippen LogP contribution in [0.25, 0.3) is 0 Å². The molecule has 0 aliphatic carbocycles. The predicted molar refractivity (Wildman–Crippen MR) is 99.1 cm³/mol. The van der Waals surface area contributed by atoms with Crippen molar-refractivity contribution >= 4 is 17.3 Å². The number of benzene rings is 2. The number of thiocarbonyl (C=S) groups is 1. The molecule has 0 fully saturated rings. The van der Waals surface area contributed by atoms with E-state index in [-0.39, 0.29) is 0 Å². The van der Waals surface area contributed by atoms with Crippen molar-refractivity contribution in [1.82, 2.24) is 10.6 Å². The molecule has 0 aliphatic rings. The molecule has 0 heterocycles. The Labute approximate surface area is 144 Å². The fraction of sp³-hybridized carbons (Fsp3) is 0.316. The van der Waals surface area contributed by atoms with Gasteiger partial charge in [-0.25, -0.2) is 0 Å². The molecule has 0 amide bonds. The summed E-state index contributed by atoms with van der Waals surface area (Å²) >= 11 is 5.21. The second kappa shape index (κ2) is 9.98. The Bertz CT molecular complexity index is 584. The van der Waals surface area contributed by atoms with Gasteiger partial charge in [0.05, 0.1) is 13.2 Å². The van der Waals surface area contributed by atoms with Gasteiger partial charge in [0.2, 0.25) is 0 Å². The molecule has 0 aliphatic heterocycles. The van der Waals surface area contributed by atoms with E-state index in [0.29, 0.717) is 18.3 Å². The van der Waals surface area contributed by atoms with Crippen molar-refractivity contribution in [2.75, 3.05) is 6.54 Å². The van der Waals surface area contributed by atoms with Crippen LogP contribution in [0.1, 0.15) is 30.0 Å². The third kappa shape index (κ3) is 6.80. The normalized spacial score (nSPS) is 10.3. The maximum atomic E-state index is 5.74. The second-order valence-corrected chi connectivity index (χ2v) is 5.81. The van der Waals surface area contributed by atoms with E-state index in [1.807, 2.05) is 18.2 Å². The van der Waals surface area contributed by atoms with Crippen LogP contribution < -0.4 is 10.6 Å². The van der Waals surface area contributed by atoms with Crippen molar-refractivity contribution in [3.8, 4) is 0 Å². The molecule has 0 aromatic heterocycles. The van der Waals surface area contributed by atoms with Crippen LogP contribution in [0.5, 0.6) is 0 Å². The van der Waals surface area contributed by atoms with Crippen LogP contribution in [-0.2, 0) is 24.5 Å². The summed E-state index contributed by atoms with van der Waals surface area (Å²) in [4.78, 5) is 0. The van der Waals surface area contributed by atoms with E-state index < -0.39 is 0 Å². The topological polar surface area (TPSA) is 33.3 Å². The van der Waals surface area contributed by atoms with Crippen LogP contribution in [0, 0.1) is 0 Å². The molecule has 0 bridgehead atoms. The standard InChI is InChI=1S/C19H24N2OS/c1-2-12-20-19(23)21-13-16-8-10-18(11-9-16)15-22-14-17-6-4-3-5-7-17/h3-11H,2,12-15H2,1H3,(H2,20,21,23). The molecule has 2 N–H and O–H groups in total. The number of ether oxygens (including phenoxy) is 1. The summed E-state index contributed by atoms with van der Waals surface area (Å²) in [6.07, 6.45) is 1.07. The van der Waals surface area contributed by atoms with Gasteiger partial charge in [0.25, 0.3) is 0 Å². The minimum atomic E-state index is 0.624. The monoisotopic (exact) mass is 328 g/mol. The lowest BCUT2D eigenvalue weighted by Gasteiger charge is -2.10. The average Bonchev–Trinajstić information content (AvgIpc) is 2.60. The molecule has 23 heavy (non-hydrogen) atoms. The molecule has 0 unspecified atom stereocenters. The molecular formula is C19H24N2OS. The van der Waals surface area contributed by atoms with Crippen molar-refractivity contribution in [1.29, 1.82) is 0 Å². The first-order valence-corrected chi connectivity index (χ1v) is 8.40. The van der Waals surface area contributed by atoms with Gasteiger partial charge < -0.3 is 15.4 Å². The fourth-order valence-corrected chi connectivity index (χ4v) is 2.27. The number of nitrogens with one attached hydrogen (secondary N) is 2. The Balaban J connectivity index is 1.70. The Morgan fingerprint density at radius 3 is 2.13 bits per heavy atom. The molecule has 2 rings (SSSR count). The van der Waals surface area contributed by atoms with Gasteiger partial charge in [-0.1, -0.05) is 61.5 Å². The van der Waals surface area contributed by atoms with E-state index in [2.05, 4.69) is 54.0 Å². The quantitative estimate of drug-likeness (QED) is 0.723. The minimum absolute atomic E-state index is 0.624. The third-order valence-corrected chi connectivity index (χ3v) is 3.68. The highest BCUT2D eigenvalue weighted by Gasteiger charge is 1.98. The molecule has 0 atom stereocenters. The molecular weight excluding hydrogens is 304 g/mol. The first-order valence-electron chi connectivity index (χ1n) is 7.99. The second-order valence-electron chi connectivity index (χ2n) is 5.40. The zero-order valence-corrected chi connectivity index (χ0v) is 14.4. The molecule has 2 aromatic rings. The number of rotatable bonds is 8. The van der Waals surface area contributed by atoms with Gasteiger partial charge in [-0.15, -0.1) is 0 Å². The summed E-state index contributed by atoms with van der Waals surface area (Å²) in [5.74, 6) is 0. The third-order valence-electron chi connectivity index (χ3n) is 3.39. The highest BCUT2D eigenvalue weighted by molar-refractivity contribution is 7.80. The SMILES string of the molecule is CCCNC(=S)NCc1ccc(COCc2ccccc2)cc1. The summed E-state index contributed by atoms with van der Waals surface area (Å²) in [5.41, 5.74) is 3.58. The van der Waals surface area contributed by atoms with E-state index in [1.165, 1.54) is 16.7 Å². The summed E-state index contributed by atoms with van der Waals surface area (Å²) in [5, 5.41) is 7.08. The lowest BCUT2D eigenvalue weighted by molar-refractivity contribution is 0.107. The number of hydrogen-bond acceptors (Lipinski definition) is 2. The molecule has 4 heteroatoms. The Kier molecular flexibility index (Phi) is 7.57. The van der Waals surface area contributed by atoms with Crippen molar-refractivity contribution in [2.24, 2.45) is 0 Å². The summed E-state index contributed by atoms with van der Waals surface area (Å²) in [6, 6.07) is 18.6. The van der Waals surface area contributed by atoms with Crippen LogP contribution in [0.2, 0.25) is 0 Å². The molecule has 2 aromatic carbocycles. The van der Waals surface area contributed by atoms with Crippen molar-refractivity contribution in [2.45, 2.75) is 33.1 Å². The van der Waals surface area contributed by atoms with E-state index in [4.69, 9.17) is 17.0 Å². The number of hydrogen-bond donors (Lipinski definition) is 2. The van der Waals surface area contributed by atoms with E-state index in [1.54, 1.807) is 0 Å². The van der Waals surface area contributed by atoms with Crippen LogP contribution in [0.15, 0.2) is 54.6 Å². The van der Waals surface area contributed by atoms with Gasteiger partial charge in [-0.2, -0.15) is 0 Å². The smallest absolute Gasteiger partial charge is 0.166 e. The first kappa shape index (κ1) is 17.4. The molecule has 0 radical (unpaired) electrons. The minimum Gasteiger partial charge on any atom is -0.372 e. The maximum Gasteiger partial charge on any atom is 0.166 e. The van der Waals surface area contributed by atoms with Crippen LogP contribution in [0.3, 0.4) is 0 Å².